The van der Waals surface area contributed by atoms with Crippen LogP contribution in [-0.4, -0.2) is 123 Å². The molecule has 6 aromatic rings. The number of anilines is 3. The van der Waals surface area contributed by atoms with Crippen LogP contribution in [0.15, 0.2) is 121 Å². The van der Waals surface area contributed by atoms with Crippen molar-refractivity contribution in [1.82, 2.24) is 24.8 Å². The number of hydrogen-bond donors (Lipinski definition) is 2. The fourth-order valence-corrected chi connectivity index (χ4v) is 18.3. The number of hydrogen-bond acceptors (Lipinski definition) is 6. The average molecular weight is 1830 g/mol. The van der Waals surface area contributed by atoms with Crippen LogP contribution in [0.2, 0.25) is 0 Å². The summed E-state index contributed by atoms with van der Waals surface area (Å²) in [6.45, 7) is 30.9. The first kappa shape index (κ1) is 81.8. The summed E-state index contributed by atoms with van der Waals surface area (Å²) in [4.78, 5) is 14.8. The standard InChI is InChI=1S/C32H50N3Se.C12H6I2NSe.C12H9NSe.C10H23N.C6H15N.2HI.H2O/c1-5-9-13-21-34(22-14-10-6-2)27-17-19-29-31(25-27)36-32-26-28(18-20-30(32)33-29)35(23-15-11-7-3)24-16-12-8-4;13-7-1-3-9-11(5-7)16-12-6-8(14)2-4-10(12)15-9;1-3-7-11-9(5-1)13-10-6-2-4-8-12(10)14-11;1-3-5-7-9-11-10-8-6-4-2;1-4-7(5-2)6-3;;;/h17-20,25-26H,5-16,21-24H2,1-4H3;1-6H;1-8,13H;11H,3-10H2,1-2H3;4-6H2,1-3H3;2*1H;1H2/q2*+1;;;;;;/p-2. The van der Waals surface area contributed by atoms with Crippen LogP contribution in [0.4, 0.5) is 17.1 Å². The molecule has 0 saturated carbocycles. The summed E-state index contributed by atoms with van der Waals surface area (Å²) < 4.78 is 13.8. The van der Waals surface area contributed by atoms with E-state index in [1.165, 1.54) is 241 Å². The molecule has 480 valence electrons. The molecule has 0 amide bonds. The van der Waals surface area contributed by atoms with Gasteiger partial charge in [0.1, 0.15) is 0 Å². The third kappa shape index (κ3) is 30.1. The van der Waals surface area contributed by atoms with Gasteiger partial charge in [-0.05, 0) is 45.6 Å². The van der Waals surface area contributed by atoms with Crippen LogP contribution in [0.25, 0.3) is 39.5 Å². The number of unbranched alkanes of at least 4 members (excludes halogenated alkanes) is 12. The van der Waals surface area contributed by atoms with Crippen LogP contribution in [0.5, 0.6) is 0 Å². The molecule has 0 fully saturated rings. The predicted octanol–water partition coefficient (Wildman–Crippen LogP) is 10.6. The zero-order valence-electron chi connectivity index (χ0n) is 54.1. The van der Waals surface area contributed by atoms with Gasteiger partial charge in [0, 0.05) is 0 Å². The summed E-state index contributed by atoms with van der Waals surface area (Å²) in [7, 11) is 0. The third-order valence-corrected chi connectivity index (χ3v) is 23.4. The van der Waals surface area contributed by atoms with Crippen LogP contribution in [0.3, 0.4) is 0 Å². The van der Waals surface area contributed by atoms with Crippen LogP contribution in [0.1, 0.15) is 178 Å². The van der Waals surface area contributed by atoms with E-state index < -0.39 is 0 Å². The van der Waals surface area contributed by atoms with Crippen LogP contribution >= 0.6 is 45.2 Å². The Bertz CT molecular complexity index is 2960. The number of halogens is 4. The number of fused-ring (bicyclic) bond motifs is 6. The topological polar surface area (TPSA) is 90.8 Å². The average Bonchev–Trinajstić information content (AvgIpc) is 1.57. The number of aromatic nitrogens is 2. The predicted molar refractivity (Wildman–Crippen MR) is 397 cm³/mol. The van der Waals surface area contributed by atoms with E-state index in [0.29, 0.717) is 44.0 Å². The maximum absolute atomic E-state index is 5.09. The van der Waals surface area contributed by atoms with Crippen LogP contribution in [-0.2, 0) is 0 Å². The van der Waals surface area contributed by atoms with Crippen molar-refractivity contribution in [3.63, 3.8) is 0 Å². The molecule has 87 heavy (non-hydrogen) atoms. The van der Waals surface area contributed by atoms with Crippen LogP contribution < -0.4 is 82.3 Å². The normalized spacial score (nSPS) is 10.9. The molecule has 0 spiro atoms. The summed E-state index contributed by atoms with van der Waals surface area (Å²) in [6.07, 6.45) is 23.6. The van der Waals surface area contributed by atoms with Gasteiger partial charge >= 0.3 is 444 Å². The molecule has 9 rings (SSSR count). The Hall–Kier alpha value is -1.32. The zero-order valence-corrected chi connectivity index (χ0v) is 67.9. The summed E-state index contributed by atoms with van der Waals surface area (Å²) in [5.41, 5.74) is 8.60. The van der Waals surface area contributed by atoms with Crippen molar-refractivity contribution in [2.24, 2.45) is 0 Å². The number of nitrogens with one attached hydrogen (secondary N) is 2. The van der Waals surface area contributed by atoms with Crippen molar-refractivity contribution in [3.8, 4) is 10.1 Å². The van der Waals surface area contributed by atoms with E-state index in [0.717, 1.165) is 11.0 Å². The molecule has 0 saturated heterocycles. The molecule has 0 unspecified atom stereocenters. The first-order chi connectivity index (χ1) is 41.1. The van der Waals surface area contributed by atoms with Gasteiger partial charge in [-0.3, -0.25) is 0 Å². The van der Waals surface area contributed by atoms with E-state index in [-0.39, 0.29) is 53.4 Å². The monoisotopic (exact) mass is 1830 g/mol. The van der Waals surface area contributed by atoms with Gasteiger partial charge in [-0.15, -0.1) is 0 Å². The first-order valence-electron chi connectivity index (χ1n) is 32.3. The maximum atomic E-state index is 5.09. The van der Waals surface area contributed by atoms with E-state index in [1.807, 2.05) is 0 Å². The number of nitrogens with zero attached hydrogens (tertiary/aromatic N) is 5. The van der Waals surface area contributed by atoms with Crippen molar-refractivity contribution in [1.29, 1.82) is 0 Å². The molecule has 1 aliphatic carbocycles. The van der Waals surface area contributed by atoms with Gasteiger partial charge in [-0.25, -0.2) is 0 Å². The minimum absolute atomic E-state index is 0. The van der Waals surface area contributed by atoms with Gasteiger partial charge in [0.05, 0.1) is 0 Å². The number of benzene rings is 6. The van der Waals surface area contributed by atoms with E-state index in [9.17, 15) is 0 Å². The van der Waals surface area contributed by atoms with Gasteiger partial charge in [-0.2, -0.15) is 0 Å². The van der Waals surface area contributed by atoms with Crippen molar-refractivity contribution in [3.05, 3.63) is 134 Å². The molecule has 2 aliphatic heterocycles. The van der Waals surface area contributed by atoms with E-state index in [1.54, 1.807) is 0 Å². The second kappa shape index (κ2) is 49.3. The SMILES string of the molecule is CCCCCN(CCCCC)c1ccc2nc3ccc(=[N+](CCCCC)CCCCC)cc-3[se]c2c1.CCCCCNCCCCC.CCN(CC)CC.Ic1ccc2nc3ccc(I)cc3[se+]c2c1.O.[I-].[I-].c1ccc2c(c1)Nc1ccccc1[Se]2. The Labute approximate surface area is 606 Å². The zero-order chi connectivity index (χ0) is 60.2. The van der Waals surface area contributed by atoms with Gasteiger partial charge in [-0.1, -0.05) is 60.3 Å². The fourth-order valence-electron chi connectivity index (χ4n) is 9.90. The van der Waals surface area contributed by atoms with E-state index in [4.69, 9.17) is 9.97 Å². The van der Waals surface area contributed by atoms with E-state index >= 15 is 0 Å². The second-order valence-electron chi connectivity index (χ2n) is 21.8. The van der Waals surface area contributed by atoms with Gasteiger partial charge in [0.25, 0.3) is 0 Å². The number of para-hydroxylation sites is 2. The van der Waals surface area contributed by atoms with Crippen molar-refractivity contribution < 1.29 is 53.4 Å². The summed E-state index contributed by atoms with van der Waals surface area (Å²) in [5, 5.41) is 8.31. The molecule has 3 heterocycles. The Morgan fingerprint density at radius 3 is 1.46 bits per heavy atom. The molecule has 8 nitrogen and oxygen atoms in total. The fraction of sp³-hybridized carbons (Fsp3) is 0.500. The summed E-state index contributed by atoms with van der Waals surface area (Å²) >= 11 is 5.87. The Morgan fingerprint density at radius 1 is 0.506 bits per heavy atom. The second-order valence-corrected chi connectivity index (χ2v) is 31.1. The van der Waals surface area contributed by atoms with Gasteiger partial charge in [0.2, 0.25) is 0 Å². The molecule has 0 atom stereocenters. The molecule has 0 bridgehead atoms. The summed E-state index contributed by atoms with van der Waals surface area (Å²) in [6, 6.07) is 44.2. The quantitative estimate of drug-likeness (QED) is 0.0167. The van der Waals surface area contributed by atoms with Crippen molar-refractivity contribution in [2.75, 3.05) is 69.1 Å². The first-order valence-corrected chi connectivity index (χ1v) is 39.6. The van der Waals surface area contributed by atoms with Crippen molar-refractivity contribution in [2.45, 2.75) is 178 Å². The molecule has 0 radical (unpaired) electrons. The van der Waals surface area contributed by atoms with Crippen molar-refractivity contribution >= 4 is 144 Å². The Morgan fingerprint density at radius 2 is 0.977 bits per heavy atom. The molecular formula is C72H105I4N7OSe3. The molecular weight excluding hydrogens is 1720 g/mol. The Balaban J connectivity index is 0.000000418. The van der Waals surface area contributed by atoms with Gasteiger partial charge in [0.15, 0.2) is 0 Å². The summed E-state index contributed by atoms with van der Waals surface area (Å²) in [5.74, 6) is 0. The molecule has 4 N–H and O–H groups in total. The van der Waals surface area contributed by atoms with Crippen LogP contribution in [0, 0.1) is 7.14 Å². The molecule has 3 aliphatic rings. The minimum atomic E-state index is 0. The van der Waals surface area contributed by atoms with E-state index in [2.05, 4.69) is 254 Å². The van der Waals surface area contributed by atoms with Gasteiger partial charge < -0.3 is 63.6 Å². The number of rotatable bonds is 28. The molecule has 15 heteroatoms. The molecule has 1 aromatic heterocycles. The third-order valence-electron chi connectivity index (χ3n) is 15.0. The Kier molecular flexibility index (Phi) is 46.3. The molecule has 5 aromatic carbocycles.